The highest BCUT2D eigenvalue weighted by Gasteiger charge is 2.38. The van der Waals surface area contributed by atoms with Crippen LogP contribution in [0, 0.1) is 0 Å². The summed E-state index contributed by atoms with van der Waals surface area (Å²) in [5.41, 5.74) is 0.733. The summed E-state index contributed by atoms with van der Waals surface area (Å²) in [5.74, 6) is -2.33. The Morgan fingerprint density at radius 2 is 1.55 bits per heavy atom. The highest BCUT2D eigenvalue weighted by molar-refractivity contribution is 6.26. The van der Waals surface area contributed by atoms with E-state index in [4.69, 9.17) is 5.11 Å². The summed E-state index contributed by atoms with van der Waals surface area (Å²) in [4.78, 5) is 36.7. The Hall–Kier alpha value is -2.69. The quantitative estimate of drug-likeness (QED) is 0.845. The minimum atomic E-state index is -1.21. The fraction of sp³-hybridized carbons (Fsp3) is 0.133. The maximum Gasteiger partial charge on any atom is 0.326 e. The summed E-state index contributed by atoms with van der Waals surface area (Å²) >= 11 is 0. The average Bonchev–Trinajstić information content (AvgIpc) is 2.44. The van der Waals surface area contributed by atoms with Crippen LogP contribution in [0.4, 0.5) is 0 Å². The molecule has 0 aliphatic carbocycles. The molecule has 0 radical (unpaired) electrons. The van der Waals surface area contributed by atoms with E-state index in [9.17, 15) is 14.4 Å². The highest BCUT2D eigenvalue weighted by Crippen LogP contribution is 2.30. The first kappa shape index (κ1) is 12.3. The maximum atomic E-state index is 12.4. The van der Waals surface area contributed by atoms with E-state index in [-0.39, 0.29) is 0 Å². The van der Waals surface area contributed by atoms with Gasteiger partial charge in [0.2, 0.25) is 0 Å². The third-order valence-corrected chi connectivity index (χ3v) is 3.55. The normalized spacial score (nSPS) is 15.6. The topological polar surface area (TPSA) is 74.7 Å². The number of carboxylic acid groups (broad SMARTS) is 1. The molecule has 1 N–H and O–H groups in total. The van der Waals surface area contributed by atoms with Gasteiger partial charge in [0.25, 0.3) is 11.8 Å². The Morgan fingerprint density at radius 3 is 2.00 bits per heavy atom. The van der Waals surface area contributed by atoms with Gasteiger partial charge >= 0.3 is 5.97 Å². The second kappa shape index (κ2) is 4.16. The molecule has 1 aliphatic heterocycles. The lowest BCUT2D eigenvalue weighted by Crippen LogP contribution is -2.49. The fourth-order valence-electron chi connectivity index (χ4n) is 2.51. The number of aliphatic carboxylic acids is 1. The SMILES string of the molecule is C[C@H](C(=O)O)N1C(=O)c2cccc3cccc(c23)C1=O. The molecule has 1 atom stereocenters. The van der Waals surface area contributed by atoms with Crippen molar-refractivity contribution < 1.29 is 19.5 Å². The van der Waals surface area contributed by atoms with E-state index in [0.29, 0.717) is 16.5 Å². The Balaban J connectivity index is 2.29. The van der Waals surface area contributed by atoms with Crippen molar-refractivity contribution in [3.8, 4) is 0 Å². The zero-order chi connectivity index (χ0) is 14.4. The summed E-state index contributed by atoms with van der Waals surface area (Å²) in [6.45, 7) is 1.33. The van der Waals surface area contributed by atoms with Crippen LogP contribution in [-0.2, 0) is 4.79 Å². The number of carbonyl (C=O) groups excluding carboxylic acids is 2. The molecule has 0 saturated carbocycles. The van der Waals surface area contributed by atoms with Gasteiger partial charge in [-0.15, -0.1) is 0 Å². The third-order valence-electron chi connectivity index (χ3n) is 3.55. The van der Waals surface area contributed by atoms with Gasteiger partial charge in [-0.3, -0.25) is 14.5 Å². The molecule has 0 fully saturated rings. The van der Waals surface area contributed by atoms with Crippen LogP contribution in [-0.4, -0.2) is 33.8 Å². The molecule has 2 amide bonds. The number of imide groups is 1. The number of carbonyl (C=O) groups is 3. The third kappa shape index (κ3) is 1.53. The van der Waals surface area contributed by atoms with E-state index in [2.05, 4.69) is 0 Å². The molecule has 3 rings (SSSR count). The molecule has 1 heterocycles. The molecule has 2 aromatic carbocycles. The van der Waals surface area contributed by atoms with Gasteiger partial charge < -0.3 is 5.11 Å². The summed E-state index contributed by atoms with van der Waals surface area (Å²) in [6.07, 6.45) is 0. The molecule has 5 nitrogen and oxygen atoms in total. The Kier molecular flexibility index (Phi) is 2.57. The van der Waals surface area contributed by atoms with Gasteiger partial charge in [-0.25, -0.2) is 4.79 Å². The van der Waals surface area contributed by atoms with E-state index < -0.39 is 23.8 Å². The van der Waals surface area contributed by atoms with E-state index in [1.54, 1.807) is 24.3 Å². The van der Waals surface area contributed by atoms with Crippen molar-refractivity contribution in [3.63, 3.8) is 0 Å². The fourth-order valence-corrected chi connectivity index (χ4v) is 2.51. The van der Waals surface area contributed by atoms with Crippen molar-refractivity contribution in [1.82, 2.24) is 4.90 Å². The second-order valence-electron chi connectivity index (χ2n) is 4.70. The van der Waals surface area contributed by atoms with Gasteiger partial charge in [0, 0.05) is 16.5 Å². The summed E-state index contributed by atoms with van der Waals surface area (Å²) < 4.78 is 0. The van der Waals surface area contributed by atoms with Crippen molar-refractivity contribution in [2.24, 2.45) is 0 Å². The second-order valence-corrected chi connectivity index (χ2v) is 4.70. The van der Waals surface area contributed by atoms with E-state index >= 15 is 0 Å². The Bertz CT molecular complexity index is 715. The summed E-state index contributed by atoms with van der Waals surface area (Å²) in [5, 5.41) is 10.5. The largest absolute Gasteiger partial charge is 0.480 e. The van der Waals surface area contributed by atoms with Gasteiger partial charge in [-0.05, 0) is 24.4 Å². The number of hydrogen-bond acceptors (Lipinski definition) is 3. The lowest BCUT2D eigenvalue weighted by Gasteiger charge is -2.29. The number of nitrogens with zero attached hydrogens (tertiary/aromatic N) is 1. The van der Waals surface area contributed by atoms with Gasteiger partial charge in [-0.1, -0.05) is 24.3 Å². The van der Waals surface area contributed by atoms with E-state index in [1.165, 1.54) is 6.92 Å². The first-order valence-corrected chi connectivity index (χ1v) is 6.15. The van der Waals surface area contributed by atoms with Crippen LogP contribution in [0.25, 0.3) is 10.8 Å². The number of hydrogen-bond donors (Lipinski definition) is 1. The van der Waals surface area contributed by atoms with Crippen LogP contribution in [0.15, 0.2) is 36.4 Å². The van der Waals surface area contributed by atoms with E-state index in [1.807, 2.05) is 12.1 Å². The molecule has 0 saturated heterocycles. The van der Waals surface area contributed by atoms with E-state index in [0.717, 1.165) is 10.3 Å². The summed E-state index contributed by atoms with van der Waals surface area (Å²) in [6, 6.07) is 9.11. The molecular formula is C15H11NO4. The lowest BCUT2D eigenvalue weighted by molar-refractivity contribution is -0.141. The zero-order valence-corrected chi connectivity index (χ0v) is 10.7. The molecule has 2 aromatic rings. The molecule has 5 heteroatoms. The van der Waals surface area contributed by atoms with Crippen LogP contribution >= 0.6 is 0 Å². The maximum absolute atomic E-state index is 12.4. The monoisotopic (exact) mass is 269 g/mol. The molecule has 0 bridgehead atoms. The number of amides is 2. The minimum Gasteiger partial charge on any atom is -0.480 e. The van der Waals surface area contributed by atoms with Crippen molar-refractivity contribution in [1.29, 1.82) is 0 Å². The van der Waals surface area contributed by atoms with Gasteiger partial charge in [0.1, 0.15) is 6.04 Å². The first-order valence-electron chi connectivity index (χ1n) is 6.15. The zero-order valence-electron chi connectivity index (χ0n) is 10.7. The molecule has 1 aliphatic rings. The highest BCUT2D eigenvalue weighted by atomic mass is 16.4. The number of rotatable bonds is 2. The minimum absolute atomic E-state index is 0.366. The van der Waals surface area contributed by atoms with Crippen molar-refractivity contribution >= 4 is 28.6 Å². The van der Waals surface area contributed by atoms with Crippen LogP contribution in [0.1, 0.15) is 27.6 Å². The molecule has 0 unspecified atom stereocenters. The molecule has 0 aromatic heterocycles. The van der Waals surface area contributed by atoms with Crippen LogP contribution in [0.2, 0.25) is 0 Å². The first-order chi connectivity index (χ1) is 9.52. The average molecular weight is 269 g/mol. The Morgan fingerprint density at radius 1 is 1.05 bits per heavy atom. The number of carboxylic acids is 1. The van der Waals surface area contributed by atoms with Gasteiger partial charge in [0.15, 0.2) is 0 Å². The van der Waals surface area contributed by atoms with Gasteiger partial charge in [-0.2, -0.15) is 0 Å². The smallest absolute Gasteiger partial charge is 0.326 e. The molecular weight excluding hydrogens is 258 g/mol. The molecule has 0 spiro atoms. The summed E-state index contributed by atoms with van der Waals surface area (Å²) in [7, 11) is 0. The standard InChI is InChI=1S/C15H11NO4/c1-8(15(19)20)16-13(17)10-6-2-4-9-5-3-7-11(12(9)10)14(16)18/h2-8H,1H3,(H,19,20)/t8-/m1/s1. The van der Waals surface area contributed by atoms with Crippen LogP contribution in [0.5, 0.6) is 0 Å². The predicted molar refractivity (Wildman–Crippen MR) is 71.5 cm³/mol. The van der Waals surface area contributed by atoms with Crippen LogP contribution < -0.4 is 0 Å². The lowest BCUT2D eigenvalue weighted by atomic mass is 9.93. The molecule has 20 heavy (non-hydrogen) atoms. The van der Waals surface area contributed by atoms with Gasteiger partial charge in [0.05, 0.1) is 0 Å². The predicted octanol–water partition coefficient (Wildman–Crippen LogP) is 1.91. The van der Waals surface area contributed by atoms with Crippen molar-refractivity contribution in [2.75, 3.05) is 0 Å². The van der Waals surface area contributed by atoms with Crippen molar-refractivity contribution in [2.45, 2.75) is 13.0 Å². The van der Waals surface area contributed by atoms with Crippen molar-refractivity contribution in [3.05, 3.63) is 47.5 Å². The molecule has 100 valence electrons. The number of benzene rings is 2. The Labute approximate surface area is 114 Å². The van der Waals surface area contributed by atoms with Crippen LogP contribution in [0.3, 0.4) is 0 Å².